The Labute approximate surface area is 135 Å². The highest BCUT2D eigenvalue weighted by Gasteiger charge is 2.43. The zero-order valence-electron chi connectivity index (χ0n) is 12.6. The Kier molecular flexibility index (Phi) is 4.18. The molecular formula is C12H13FN4O6S. The van der Waals surface area contributed by atoms with Crippen molar-refractivity contribution in [3.63, 3.8) is 0 Å². The summed E-state index contributed by atoms with van der Waals surface area (Å²) in [4.78, 5) is 24.7. The molecule has 1 amide bonds. The van der Waals surface area contributed by atoms with Crippen LogP contribution in [0.2, 0.25) is 0 Å². The summed E-state index contributed by atoms with van der Waals surface area (Å²) in [6.07, 6.45) is -1.56. The molecule has 0 unspecified atom stereocenters. The SMILES string of the molecule is CN1C(NC(=O)O)=N[C@](C)(c2cccc([N+](=O)[O-])c2F)CS1(=O)=O. The van der Waals surface area contributed by atoms with Gasteiger partial charge in [-0.1, -0.05) is 12.1 Å². The first-order chi connectivity index (χ1) is 11.0. The number of nitro groups is 1. The number of hydrogen-bond acceptors (Lipinski definition) is 6. The quantitative estimate of drug-likeness (QED) is 0.591. The van der Waals surface area contributed by atoms with Crippen molar-refractivity contribution in [1.82, 2.24) is 9.62 Å². The lowest BCUT2D eigenvalue weighted by atomic mass is 9.93. The van der Waals surface area contributed by atoms with Gasteiger partial charge in [0, 0.05) is 18.7 Å². The summed E-state index contributed by atoms with van der Waals surface area (Å²) < 4.78 is 39.6. The number of nitrogens with one attached hydrogen (secondary N) is 1. The largest absolute Gasteiger partial charge is 0.465 e. The van der Waals surface area contributed by atoms with Gasteiger partial charge in [-0.3, -0.25) is 15.4 Å². The van der Waals surface area contributed by atoms with Crippen molar-refractivity contribution in [2.75, 3.05) is 12.8 Å². The summed E-state index contributed by atoms with van der Waals surface area (Å²) in [6, 6.07) is 3.31. The van der Waals surface area contributed by atoms with Gasteiger partial charge in [-0.2, -0.15) is 4.39 Å². The average Bonchev–Trinajstić information content (AvgIpc) is 2.43. The van der Waals surface area contributed by atoms with Gasteiger partial charge in [-0.15, -0.1) is 0 Å². The lowest BCUT2D eigenvalue weighted by Crippen LogP contribution is -2.53. The second kappa shape index (κ2) is 5.70. The molecule has 12 heteroatoms. The molecule has 10 nitrogen and oxygen atoms in total. The fourth-order valence-corrected chi connectivity index (χ4v) is 3.81. The molecule has 1 heterocycles. The first-order valence-electron chi connectivity index (χ1n) is 6.48. The van der Waals surface area contributed by atoms with E-state index in [4.69, 9.17) is 5.11 Å². The van der Waals surface area contributed by atoms with Crippen LogP contribution in [-0.2, 0) is 15.6 Å². The summed E-state index contributed by atoms with van der Waals surface area (Å²) >= 11 is 0. The Bertz CT molecular complexity index is 855. The molecule has 0 bridgehead atoms. The molecule has 2 rings (SSSR count). The molecule has 1 aliphatic rings. The number of nitro benzene ring substituents is 1. The molecule has 0 saturated carbocycles. The number of rotatable bonds is 2. The molecule has 0 saturated heterocycles. The fourth-order valence-electron chi connectivity index (χ4n) is 2.34. The maximum absolute atomic E-state index is 14.4. The monoisotopic (exact) mass is 360 g/mol. The van der Waals surface area contributed by atoms with Gasteiger partial charge >= 0.3 is 11.8 Å². The van der Waals surface area contributed by atoms with Crippen molar-refractivity contribution in [3.8, 4) is 0 Å². The minimum atomic E-state index is -4.02. The van der Waals surface area contributed by atoms with Crippen molar-refractivity contribution in [3.05, 3.63) is 39.7 Å². The lowest BCUT2D eigenvalue weighted by Gasteiger charge is -2.35. The molecule has 1 aliphatic heterocycles. The van der Waals surface area contributed by atoms with E-state index in [-0.39, 0.29) is 5.56 Å². The van der Waals surface area contributed by atoms with Crippen LogP contribution in [-0.4, -0.2) is 47.6 Å². The van der Waals surface area contributed by atoms with E-state index >= 15 is 0 Å². The maximum Gasteiger partial charge on any atom is 0.411 e. The van der Waals surface area contributed by atoms with Crippen molar-refractivity contribution in [1.29, 1.82) is 0 Å². The molecule has 0 fully saturated rings. The van der Waals surface area contributed by atoms with E-state index in [1.165, 1.54) is 19.1 Å². The third kappa shape index (κ3) is 2.99. The van der Waals surface area contributed by atoms with E-state index in [9.17, 15) is 27.7 Å². The van der Waals surface area contributed by atoms with Crippen molar-refractivity contribution in [2.45, 2.75) is 12.5 Å². The third-order valence-corrected chi connectivity index (χ3v) is 5.44. The number of benzene rings is 1. The number of guanidine groups is 1. The summed E-state index contributed by atoms with van der Waals surface area (Å²) in [6.45, 7) is 1.25. The number of halogens is 1. The van der Waals surface area contributed by atoms with Gasteiger partial charge in [0.25, 0.3) is 0 Å². The van der Waals surface area contributed by atoms with E-state index in [0.29, 0.717) is 4.31 Å². The van der Waals surface area contributed by atoms with Crippen LogP contribution in [0.25, 0.3) is 0 Å². The van der Waals surface area contributed by atoms with E-state index in [2.05, 4.69) is 4.99 Å². The molecule has 1 aromatic carbocycles. The predicted octanol–water partition coefficient (Wildman–Crippen LogP) is 0.848. The normalized spacial score (nSPS) is 22.6. The molecule has 0 aromatic heterocycles. The summed E-state index contributed by atoms with van der Waals surface area (Å²) in [7, 11) is -2.93. The molecule has 0 aliphatic carbocycles. The maximum atomic E-state index is 14.4. The lowest BCUT2D eigenvalue weighted by molar-refractivity contribution is -0.387. The van der Waals surface area contributed by atoms with Crippen molar-refractivity contribution < 1.29 is 27.6 Å². The van der Waals surface area contributed by atoms with Crippen molar-refractivity contribution >= 4 is 27.8 Å². The highest BCUT2D eigenvalue weighted by atomic mass is 32.2. The van der Waals surface area contributed by atoms with Gasteiger partial charge in [0.2, 0.25) is 21.8 Å². The summed E-state index contributed by atoms with van der Waals surface area (Å²) in [5, 5.41) is 21.5. The van der Waals surface area contributed by atoms with E-state index in [0.717, 1.165) is 13.1 Å². The number of carboxylic acid groups (broad SMARTS) is 1. The van der Waals surface area contributed by atoms with Crippen LogP contribution in [0.4, 0.5) is 14.9 Å². The van der Waals surface area contributed by atoms with Gasteiger partial charge < -0.3 is 5.11 Å². The summed E-state index contributed by atoms with van der Waals surface area (Å²) in [5.41, 5.74) is -2.88. The van der Waals surface area contributed by atoms with Gasteiger partial charge in [-0.05, 0) is 6.92 Å². The highest BCUT2D eigenvalue weighted by molar-refractivity contribution is 7.89. The Morgan fingerprint density at radius 2 is 2.17 bits per heavy atom. The summed E-state index contributed by atoms with van der Waals surface area (Å²) in [5.74, 6) is -2.43. The Morgan fingerprint density at radius 3 is 2.71 bits per heavy atom. The second-order valence-corrected chi connectivity index (χ2v) is 7.26. The number of amides is 1. The van der Waals surface area contributed by atoms with Crippen LogP contribution in [0.15, 0.2) is 23.2 Å². The Hall–Kier alpha value is -2.76. The van der Waals surface area contributed by atoms with E-state index in [1.807, 2.05) is 5.32 Å². The number of carbonyl (C=O) groups is 1. The number of aliphatic imine (C=N–C) groups is 1. The number of sulfonamides is 1. The topological polar surface area (TPSA) is 142 Å². The zero-order chi connectivity index (χ0) is 18.3. The average molecular weight is 360 g/mol. The Morgan fingerprint density at radius 1 is 1.54 bits per heavy atom. The standard InChI is InChI=1S/C12H13FN4O6S/c1-12(7-4-3-5-8(9(7)13)17(20)21)6-24(22,23)16(2)10(15-12)14-11(18)19/h3-5H,6H2,1-2H3,(H,14,15)(H,18,19)/t12-/m0/s1. The van der Waals surface area contributed by atoms with Crippen molar-refractivity contribution in [2.24, 2.45) is 4.99 Å². The van der Waals surface area contributed by atoms with Crippen LogP contribution in [0.5, 0.6) is 0 Å². The fraction of sp³-hybridized carbons (Fsp3) is 0.333. The highest BCUT2D eigenvalue weighted by Crippen LogP contribution is 2.36. The number of nitrogens with zero attached hydrogens (tertiary/aromatic N) is 3. The van der Waals surface area contributed by atoms with Gasteiger partial charge in [0.1, 0.15) is 5.54 Å². The third-order valence-electron chi connectivity index (χ3n) is 3.51. The van der Waals surface area contributed by atoms with Gasteiger partial charge in [0.05, 0.1) is 10.7 Å². The van der Waals surface area contributed by atoms with Gasteiger partial charge in [-0.25, -0.2) is 22.5 Å². The van der Waals surface area contributed by atoms with Crippen LogP contribution < -0.4 is 5.32 Å². The van der Waals surface area contributed by atoms with Crippen LogP contribution in [0.3, 0.4) is 0 Å². The minimum absolute atomic E-state index is 0.321. The number of hydrogen-bond donors (Lipinski definition) is 2. The second-order valence-electron chi connectivity index (χ2n) is 5.26. The van der Waals surface area contributed by atoms with Gasteiger partial charge in [0.15, 0.2) is 0 Å². The zero-order valence-corrected chi connectivity index (χ0v) is 13.4. The van der Waals surface area contributed by atoms with Crippen LogP contribution >= 0.6 is 0 Å². The minimum Gasteiger partial charge on any atom is -0.465 e. The molecule has 24 heavy (non-hydrogen) atoms. The molecule has 1 atom stereocenters. The first kappa shape index (κ1) is 17.6. The molecule has 1 aromatic rings. The Balaban J connectivity index is 2.67. The molecule has 130 valence electrons. The molecule has 2 N–H and O–H groups in total. The predicted molar refractivity (Wildman–Crippen MR) is 80.6 cm³/mol. The van der Waals surface area contributed by atoms with Crippen LogP contribution in [0.1, 0.15) is 12.5 Å². The van der Waals surface area contributed by atoms with E-state index < -0.39 is 49.8 Å². The molecular weight excluding hydrogens is 347 g/mol. The first-order valence-corrected chi connectivity index (χ1v) is 8.08. The van der Waals surface area contributed by atoms with Crippen LogP contribution in [0, 0.1) is 15.9 Å². The smallest absolute Gasteiger partial charge is 0.411 e. The molecule has 0 spiro atoms. The molecule has 0 radical (unpaired) electrons. The van der Waals surface area contributed by atoms with E-state index in [1.54, 1.807) is 0 Å².